The van der Waals surface area contributed by atoms with E-state index in [9.17, 15) is 0 Å². The molecule has 0 saturated heterocycles. The SMILES string of the molecule is NC(c1ncc[nH]1)c1cccc2ccsc12. The molecule has 1 unspecified atom stereocenters. The molecule has 0 saturated carbocycles. The Kier molecular flexibility index (Phi) is 2.23. The Hall–Kier alpha value is -1.65. The second kappa shape index (κ2) is 3.73. The number of thiophene rings is 1. The van der Waals surface area contributed by atoms with Crippen LogP contribution >= 0.6 is 11.3 Å². The number of H-pyrrole nitrogens is 1. The Balaban J connectivity index is 2.15. The van der Waals surface area contributed by atoms with Crippen LogP contribution in [0.25, 0.3) is 10.1 Å². The summed E-state index contributed by atoms with van der Waals surface area (Å²) >= 11 is 1.72. The van der Waals surface area contributed by atoms with Crippen LogP contribution in [0.2, 0.25) is 0 Å². The maximum Gasteiger partial charge on any atom is 0.127 e. The van der Waals surface area contributed by atoms with E-state index in [4.69, 9.17) is 5.73 Å². The van der Waals surface area contributed by atoms with Gasteiger partial charge in [0.25, 0.3) is 0 Å². The first-order chi connectivity index (χ1) is 7.86. The Morgan fingerprint density at radius 2 is 2.25 bits per heavy atom. The van der Waals surface area contributed by atoms with Crippen molar-refractivity contribution in [1.29, 1.82) is 0 Å². The second-order valence-electron chi connectivity index (χ2n) is 3.64. The number of aromatic amines is 1. The standard InChI is InChI=1S/C12H11N3S/c13-10(12-14-5-6-15-12)9-3-1-2-8-4-7-16-11(8)9/h1-7,10H,13H2,(H,14,15). The van der Waals surface area contributed by atoms with E-state index in [0.717, 1.165) is 11.4 Å². The van der Waals surface area contributed by atoms with Crippen molar-refractivity contribution in [3.8, 4) is 0 Å². The number of hydrogen-bond donors (Lipinski definition) is 2. The summed E-state index contributed by atoms with van der Waals surface area (Å²) in [5, 5.41) is 3.33. The number of nitrogens with two attached hydrogens (primary N) is 1. The van der Waals surface area contributed by atoms with Gasteiger partial charge in [0, 0.05) is 17.1 Å². The fraction of sp³-hybridized carbons (Fsp3) is 0.0833. The van der Waals surface area contributed by atoms with Crippen molar-refractivity contribution in [1.82, 2.24) is 9.97 Å². The summed E-state index contributed by atoms with van der Waals surface area (Å²) in [7, 11) is 0. The van der Waals surface area contributed by atoms with E-state index in [1.165, 1.54) is 10.1 Å². The van der Waals surface area contributed by atoms with Crippen molar-refractivity contribution < 1.29 is 0 Å². The number of rotatable bonds is 2. The number of fused-ring (bicyclic) bond motifs is 1. The third-order valence-corrected chi connectivity index (χ3v) is 3.64. The lowest BCUT2D eigenvalue weighted by Gasteiger charge is -2.10. The summed E-state index contributed by atoms with van der Waals surface area (Å²) in [5.41, 5.74) is 7.33. The van der Waals surface area contributed by atoms with Gasteiger partial charge in [-0.1, -0.05) is 18.2 Å². The van der Waals surface area contributed by atoms with Gasteiger partial charge in [0.15, 0.2) is 0 Å². The van der Waals surface area contributed by atoms with E-state index in [1.54, 1.807) is 23.7 Å². The van der Waals surface area contributed by atoms with Crippen LogP contribution in [0.5, 0.6) is 0 Å². The molecular weight excluding hydrogens is 218 g/mol. The molecule has 1 aromatic carbocycles. The Bertz CT molecular complexity index is 598. The molecule has 0 radical (unpaired) electrons. The zero-order chi connectivity index (χ0) is 11.0. The predicted octanol–water partition coefficient (Wildman–Crippen LogP) is 2.67. The Morgan fingerprint density at radius 3 is 3.06 bits per heavy atom. The first-order valence-electron chi connectivity index (χ1n) is 5.07. The van der Waals surface area contributed by atoms with Crippen LogP contribution in [0.1, 0.15) is 17.4 Å². The van der Waals surface area contributed by atoms with Gasteiger partial charge in [-0.05, 0) is 22.4 Å². The third kappa shape index (κ3) is 1.43. The molecule has 80 valence electrons. The van der Waals surface area contributed by atoms with Crippen LogP contribution < -0.4 is 5.73 Å². The largest absolute Gasteiger partial charge is 0.347 e. The van der Waals surface area contributed by atoms with Crippen LogP contribution in [-0.2, 0) is 0 Å². The lowest BCUT2D eigenvalue weighted by Crippen LogP contribution is -2.13. The molecule has 4 heteroatoms. The molecule has 0 fully saturated rings. The van der Waals surface area contributed by atoms with E-state index in [0.29, 0.717) is 0 Å². The summed E-state index contributed by atoms with van der Waals surface area (Å²) in [5.74, 6) is 0.806. The van der Waals surface area contributed by atoms with Gasteiger partial charge in [-0.2, -0.15) is 0 Å². The van der Waals surface area contributed by atoms with E-state index in [2.05, 4.69) is 33.5 Å². The molecule has 16 heavy (non-hydrogen) atoms. The van der Waals surface area contributed by atoms with Gasteiger partial charge in [-0.25, -0.2) is 4.98 Å². The highest BCUT2D eigenvalue weighted by molar-refractivity contribution is 7.17. The highest BCUT2D eigenvalue weighted by Crippen LogP contribution is 2.29. The molecule has 0 aliphatic heterocycles. The zero-order valence-corrected chi connectivity index (χ0v) is 9.37. The number of benzene rings is 1. The highest BCUT2D eigenvalue weighted by atomic mass is 32.1. The smallest absolute Gasteiger partial charge is 0.127 e. The van der Waals surface area contributed by atoms with E-state index < -0.39 is 0 Å². The molecule has 3 N–H and O–H groups in total. The van der Waals surface area contributed by atoms with Crippen LogP contribution in [0.3, 0.4) is 0 Å². The maximum absolute atomic E-state index is 6.20. The Morgan fingerprint density at radius 1 is 1.31 bits per heavy atom. The predicted molar refractivity (Wildman–Crippen MR) is 66.4 cm³/mol. The van der Waals surface area contributed by atoms with Crippen molar-refractivity contribution in [2.45, 2.75) is 6.04 Å². The molecule has 2 heterocycles. The summed E-state index contributed by atoms with van der Waals surface area (Å²) in [4.78, 5) is 7.27. The van der Waals surface area contributed by atoms with Crippen LogP contribution in [0.15, 0.2) is 42.0 Å². The fourth-order valence-corrected chi connectivity index (χ4v) is 2.81. The average molecular weight is 229 g/mol. The molecule has 0 bridgehead atoms. The molecule has 0 aliphatic rings. The van der Waals surface area contributed by atoms with E-state index in [-0.39, 0.29) is 6.04 Å². The van der Waals surface area contributed by atoms with Crippen LogP contribution in [0.4, 0.5) is 0 Å². The van der Waals surface area contributed by atoms with E-state index >= 15 is 0 Å². The van der Waals surface area contributed by atoms with Crippen molar-refractivity contribution >= 4 is 21.4 Å². The number of nitrogens with zero attached hydrogens (tertiary/aromatic N) is 1. The molecule has 0 aliphatic carbocycles. The minimum Gasteiger partial charge on any atom is -0.347 e. The van der Waals surface area contributed by atoms with Crippen LogP contribution in [-0.4, -0.2) is 9.97 Å². The van der Waals surface area contributed by atoms with Gasteiger partial charge >= 0.3 is 0 Å². The van der Waals surface area contributed by atoms with Crippen molar-refractivity contribution in [3.05, 3.63) is 53.4 Å². The van der Waals surface area contributed by atoms with Gasteiger partial charge in [0.05, 0.1) is 6.04 Å². The lowest BCUT2D eigenvalue weighted by molar-refractivity contribution is 0.809. The van der Waals surface area contributed by atoms with Gasteiger partial charge in [-0.15, -0.1) is 11.3 Å². The van der Waals surface area contributed by atoms with Gasteiger partial charge in [0.2, 0.25) is 0 Å². The molecule has 0 spiro atoms. The second-order valence-corrected chi connectivity index (χ2v) is 4.55. The minimum atomic E-state index is -0.183. The summed E-state index contributed by atoms with van der Waals surface area (Å²) in [6.07, 6.45) is 3.52. The Labute approximate surface area is 96.9 Å². The molecule has 2 aromatic heterocycles. The van der Waals surface area contributed by atoms with Crippen molar-refractivity contribution in [2.75, 3.05) is 0 Å². The number of nitrogens with one attached hydrogen (secondary N) is 1. The zero-order valence-electron chi connectivity index (χ0n) is 8.55. The lowest BCUT2D eigenvalue weighted by atomic mass is 10.1. The number of hydrogen-bond acceptors (Lipinski definition) is 3. The van der Waals surface area contributed by atoms with Gasteiger partial charge < -0.3 is 10.7 Å². The molecule has 0 amide bonds. The third-order valence-electron chi connectivity index (χ3n) is 2.66. The van der Waals surface area contributed by atoms with Crippen molar-refractivity contribution in [2.24, 2.45) is 5.73 Å². The van der Waals surface area contributed by atoms with Gasteiger partial charge in [-0.3, -0.25) is 0 Å². The van der Waals surface area contributed by atoms with Crippen molar-refractivity contribution in [3.63, 3.8) is 0 Å². The first-order valence-corrected chi connectivity index (χ1v) is 5.95. The molecule has 1 atom stereocenters. The topological polar surface area (TPSA) is 54.7 Å². The molecular formula is C12H11N3S. The van der Waals surface area contributed by atoms with Gasteiger partial charge in [0.1, 0.15) is 5.82 Å². The minimum absolute atomic E-state index is 0.183. The molecule has 3 rings (SSSR count). The molecule has 3 aromatic rings. The summed E-state index contributed by atoms with van der Waals surface area (Å²) in [6.45, 7) is 0. The van der Waals surface area contributed by atoms with E-state index in [1.807, 2.05) is 6.07 Å². The fourth-order valence-electron chi connectivity index (χ4n) is 1.86. The summed E-state index contributed by atoms with van der Waals surface area (Å²) < 4.78 is 1.24. The molecule has 3 nitrogen and oxygen atoms in total. The monoisotopic (exact) mass is 229 g/mol. The average Bonchev–Trinajstić information content (AvgIpc) is 2.98. The van der Waals surface area contributed by atoms with Crippen LogP contribution in [0, 0.1) is 0 Å². The number of aromatic nitrogens is 2. The quantitative estimate of drug-likeness (QED) is 0.709. The first kappa shape index (κ1) is 9.57. The normalized spacial score (nSPS) is 13.1. The highest BCUT2D eigenvalue weighted by Gasteiger charge is 2.14. The summed E-state index contributed by atoms with van der Waals surface area (Å²) in [6, 6.07) is 8.12. The maximum atomic E-state index is 6.20. The number of imidazole rings is 1.